The molecule has 0 atom stereocenters. The fraction of sp³-hybridized carbons (Fsp3) is 0. The highest BCUT2D eigenvalue weighted by molar-refractivity contribution is 6.52. The number of nitrogens with two attached hydrogens (primary N) is 1. The predicted molar refractivity (Wildman–Crippen MR) is 32.3 cm³/mol. The largest absolute Gasteiger partial charge is 0.478 e. The summed E-state index contributed by atoms with van der Waals surface area (Å²) >= 11 is 0. The molecular weight excluding hydrogens is 136 g/mol. The van der Waals surface area contributed by atoms with Gasteiger partial charge in [-0.25, -0.2) is 9.79 Å². The fourth-order valence-electron chi connectivity index (χ4n) is 0.547. The molecule has 0 radical (unpaired) electrons. The van der Waals surface area contributed by atoms with Gasteiger partial charge in [0, 0.05) is 6.20 Å². The van der Waals surface area contributed by atoms with Crippen molar-refractivity contribution in [2.45, 2.75) is 0 Å². The summed E-state index contributed by atoms with van der Waals surface area (Å²) in [6.07, 6.45) is 1.09. The van der Waals surface area contributed by atoms with E-state index in [1.54, 1.807) is 0 Å². The van der Waals surface area contributed by atoms with Gasteiger partial charge in [0.05, 0.1) is 0 Å². The zero-order valence-electron chi connectivity index (χ0n) is 4.87. The Hall–Kier alpha value is -1.65. The van der Waals surface area contributed by atoms with Crippen LogP contribution in [-0.4, -0.2) is 22.7 Å². The number of carbonyl (C=O) groups is 2. The summed E-state index contributed by atoms with van der Waals surface area (Å²) in [7, 11) is 0. The highest BCUT2D eigenvalue weighted by atomic mass is 16.4. The van der Waals surface area contributed by atoms with Crippen LogP contribution in [0.4, 0.5) is 0 Å². The van der Waals surface area contributed by atoms with Crippen LogP contribution in [0.3, 0.4) is 0 Å². The van der Waals surface area contributed by atoms with Crippen LogP contribution in [0.15, 0.2) is 16.8 Å². The van der Waals surface area contributed by atoms with E-state index in [-0.39, 0.29) is 11.3 Å². The molecule has 1 aliphatic rings. The van der Waals surface area contributed by atoms with Gasteiger partial charge in [-0.15, -0.1) is 0 Å². The lowest BCUT2D eigenvalue weighted by Crippen LogP contribution is -2.31. The lowest BCUT2D eigenvalue weighted by Gasteiger charge is -2.07. The Morgan fingerprint density at radius 1 is 1.60 bits per heavy atom. The van der Waals surface area contributed by atoms with Crippen LogP contribution in [0.2, 0.25) is 0 Å². The van der Waals surface area contributed by atoms with Gasteiger partial charge in [-0.2, -0.15) is 0 Å². The van der Waals surface area contributed by atoms with Gasteiger partial charge in [-0.1, -0.05) is 0 Å². The Morgan fingerprint density at radius 3 is 2.30 bits per heavy atom. The Bertz CT molecular complexity index is 236. The van der Waals surface area contributed by atoms with Gasteiger partial charge < -0.3 is 10.8 Å². The average molecular weight is 140 g/mol. The zero-order chi connectivity index (χ0) is 7.72. The second-order valence-electron chi connectivity index (χ2n) is 1.69. The molecule has 0 saturated carbocycles. The molecule has 52 valence electrons. The Kier molecular flexibility index (Phi) is 1.26. The minimum atomic E-state index is -1.18. The third-order valence-corrected chi connectivity index (χ3v) is 1.04. The topological polar surface area (TPSA) is 92.8 Å². The van der Waals surface area contributed by atoms with E-state index in [1.807, 2.05) is 0 Å². The first-order chi connectivity index (χ1) is 4.63. The second kappa shape index (κ2) is 1.94. The molecule has 1 heterocycles. The Labute approximate surface area is 55.9 Å². The quantitative estimate of drug-likeness (QED) is 0.509. The van der Waals surface area contributed by atoms with Crippen molar-refractivity contribution in [2.75, 3.05) is 0 Å². The number of aliphatic carboxylic acids is 1. The van der Waals surface area contributed by atoms with Gasteiger partial charge >= 0.3 is 5.97 Å². The number of carboxylic acids is 1. The minimum absolute atomic E-state index is 0.118. The Balaban J connectivity index is 2.73. The standard InChI is InChI=1S/C5H4N2O3/c6-4(8)3-2(1-7-3)5(9)10/h1H,(H2,6,8)(H,9,10). The summed E-state index contributed by atoms with van der Waals surface area (Å²) in [4.78, 5) is 23.8. The second-order valence-corrected chi connectivity index (χ2v) is 1.69. The number of carboxylic acid groups (broad SMARTS) is 1. The highest BCUT2D eigenvalue weighted by Gasteiger charge is 2.24. The van der Waals surface area contributed by atoms with E-state index < -0.39 is 11.9 Å². The lowest BCUT2D eigenvalue weighted by molar-refractivity contribution is -0.132. The van der Waals surface area contributed by atoms with Crippen molar-refractivity contribution in [3.8, 4) is 0 Å². The van der Waals surface area contributed by atoms with Crippen molar-refractivity contribution in [1.82, 2.24) is 0 Å². The van der Waals surface area contributed by atoms with Crippen molar-refractivity contribution < 1.29 is 14.7 Å². The molecule has 0 aromatic heterocycles. The minimum Gasteiger partial charge on any atom is -0.478 e. The normalized spacial score (nSPS) is 14.8. The molecule has 0 aromatic rings. The van der Waals surface area contributed by atoms with Crippen LogP contribution in [-0.2, 0) is 9.59 Å². The number of amides is 1. The summed E-state index contributed by atoms with van der Waals surface area (Å²) in [5, 5.41) is 8.30. The number of nitrogens with zero attached hydrogens (tertiary/aromatic N) is 1. The number of carbonyl (C=O) groups excluding carboxylic acids is 1. The van der Waals surface area contributed by atoms with Crippen LogP contribution in [0.1, 0.15) is 0 Å². The lowest BCUT2D eigenvalue weighted by atomic mass is 10.1. The number of hydrogen-bond donors (Lipinski definition) is 2. The first-order valence-electron chi connectivity index (χ1n) is 2.44. The first-order valence-corrected chi connectivity index (χ1v) is 2.44. The molecule has 0 spiro atoms. The molecule has 0 aliphatic carbocycles. The molecule has 0 unspecified atom stereocenters. The summed E-state index contributed by atoms with van der Waals surface area (Å²) in [5.74, 6) is -1.98. The van der Waals surface area contributed by atoms with Gasteiger partial charge in [0.2, 0.25) is 0 Å². The molecule has 5 nitrogen and oxygen atoms in total. The Morgan fingerprint density at radius 2 is 2.20 bits per heavy atom. The molecule has 0 bridgehead atoms. The van der Waals surface area contributed by atoms with E-state index in [2.05, 4.69) is 4.99 Å². The number of primary amides is 1. The maximum Gasteiger partial charge on any atom is 0.339 e. The van der Waals surface area contributed by atoms with Crippen molar-refractivity contribution in [3.63, 3.8) is 0 Å². The SMILES string of the molecule is NC(=O)C1=NC=C1C(=O)O. The summed E-state index contributed by atoms with van der Waals surface area (Å²) in [6.45, 7) is 0. The summed E-state index contributed by atoms with van der Waals surface area (Å²) in [5.41, 5.74) is 4.47. The summed E-state index contributed by atoms with van der Waals surface area (Å²) < 4.78 is 0. The smallest absolute Gasteiger partial charge is 0.339 e. The van der Waals surface area contributed by atoms with E-state index in [0.29, 0.717) is 0 Å². The molecule has 0 aromatic carbocycles. The van der Waals surface area contributed by atoms with E-state index >= 15 is 0 Å². The van der Waals surface area contributed by atoms with Gasteiger partial charge in [0.15, 0.2) is 0 Å². The van der Waals surface area contributed by atoms with Crippen molar-refractivity contribution >= 4 is 17.6 Å². The van der Waals surface area contributed by atoms with Crippen LogP contribution >= 0.6 is 0 Å². The van der Waals surface area contributed by atoms with E-state index in [4.69, 9.17) is 10.8 Å². The fourth-order valence-corrected chi connectivity index (χ4v) is 0.547. The monoisotopic (exact) mass is 140 g/mol. The highest BCUT2D eigenvalue weighted by Crippen LogP contribution is 2.08. The van der Waals surface area contributed by atoms with Crippen molar-refractivity contribution in [1.29, 1.82) is 0 Å². The first kappa shape index (κ1) is 6.47. The molecule has 1 rings (SSSR count). The van der Waals surface area contributed by atoms with Crippen LogP contribution in [0.25, 0.3) is 0 Å². The predicted octanol–water partition coefficient (Wildman–Crippen LogP) is -1.11. The average Bonchev–Trinajstić information content (AvgIpc) is 1.56. The molecule has 0 saturated heterocycles. The number of hydrogen-bond acceptors (Lipinski definition) is 3. The molecular formula is C5H4N2O3. The van der Waals surface area contributed by atoms with E-state index in [1.165, 1.54) is 0 Å². The van der Waals surface area contributed by atoms with Gasteiger partial charge in [-0.05, 0) is 0 Å². The molecule has 3 N–H and O–H groups in total. The van der Waals surface area contributed by atoms with Crippen molar-refractivity contribution in [2.24, 2.45) is 10.7 Å². The molecule has 0 fully saturated rings. The third-order valence-electron chi connectivity index (χ3n) is 1.04. The maximum atomic E-state index is 10.3. The summed E-state index contributed by atoms with van der Waals surface area (Å²) in [6, 6.07) is 0. The number of rotatable bonds is 2. The molecule has 5 heteroatoms. The molecule has 10 heavy (non-hydrogen) atoms. The molecule has 1 amide bonds. The van der Waals surface area contributed by atoms with E-state index in [0.717, 1.165) is 6.20 Å². The van der Waals surface area contributed by atoms with E-state index in [9.17, 15) is 9.59 Å². The van der Waals surface area contributed by atoms with Gasteiger partial charge in [0.25, 0.3) is 5.91 Å². The van der Waals surface area contributed by atoms with Gasteiger partial charge in [0.1, 0.15) is 11.3 Å². The molecule has 1 aliphatic heterocycles. The van der Waals surface area contributed by atoms with Crippen molar-refractivity contribution in [3.05, 3.63) is 11.8 Å². The maximum absolute atomic E-state index is 10.3. The zero-order valence-corrected chi connectivity index (χ0v) is 4.87. The third kappa shape index (κ3) is 0.771. The van der Waals surface area contributed by atoms with Crippen LogP contribution < -0.4 is 5.73 Å². The van der Waals surface area contributed by atoms with Gasteiger partial charge in [-0.3, -0.25) is 4.79 Å². The van der Waals surface area contributed by atoms with Crippen LogP contribution in [0, 0.1) is 0 Å². The van der Waals surface area contributed by atoms with Crippen LogP contribution in [0.5, 0.6) is 0 Å². The number of aliphatic imine (C=N–C) groups is 1.